The minimum Gasteiger partial charge on any atom is -0.406 e. The fraction of sp³-hybridized carbons (Fsp3) is 0.364. The van der Waals surface area contributed by atoms with Crippen LogP contribution in [0.3, 0.4) is 0 Å². The van der Waals surface area contributed by atoms with Gasteiger partial charge in [0.15, 0.2) is 0 Å². The van der Waals surface area contributed by atoms with Crippen LogP contribution in [0.25, 0.3) is 0 Å². The number of benzene rings is 1. The van der Waals surface area contributed by atoms with E-state index in [-0.39, 0.29) is 0 Å². The van der Waals surface area contributed by atoms with Gasteiger partial charge in [-0.1, -0.05) is 15.9 Å². The summed E-state index contributed by atoms with van der Waals surface area (Å²) in [5, 5.41) is 0. The quantitative estimate of drug-likeness (QED) is 0.569. The highest BCUT2D eigenvalue weighted by Crippen LogP contribution is 2.38. The number of ketones is 1. The van der Waals surface area contributed by atoms with Crippen LogP contribution < -0.4 is 9.47 Å². The first-order valence-corrected chi connectivity index (χ1v) is 6.10. The maximum Gasteiger partial charge on any atom is 0.573 e. The monoisotopic (exact) mass is 380 g/mol. The Morgan fingerprint density at radius 2 is 1.62 bits per heavy atom. The van der Waals surface area contributed by atoms with Crippen molar-refractivity contribution in [2.45, 2.75) is 24.5 Å². The van der Waals surface area contributed by atoms with Gasteiger partial charge in [-0.2, -0.15) is 0 Å². The van der Waals surface area contributed by atoms with Gasteiger partial charge in [-0.3, -0.25) is 4.79 Å². The van der Waals surface area contributed by atoms with Crippen molar-refractivity contribution in [3.63, 3.8) is 0 Å². The molecule has 0 aliphatic heterocycles. The van der Waals surface area contributed by atoms with E-state index in [1.54, 1.807) is 0 Å². The highest BCUT2D eigenvalue weighted by Gasteiger charge is 2.35. The Hall–Kier alpha value is -1.45. The topological polar surface area (TPSA) is 35.5 Å². The van der Waals surface area contributed by atoms with E-state index in [4.69, 9.17) is 0 Å². The molecule has 1 aromatic rings. The molecule has 0 spiro atoms. The molecule has 0 aromatic heterocycles. The van der Waals surface area contributed by atoms with Gasteiger partial charge in [0.2, 0.25) is 0 Å². The van der Waals surface area contributed by atoms with Gasteiger partial charge in [0.25, 0.3) is 0 Å². The lowest BCUT2D eigenvalue weighted by Crippen LogP contribution is -2.20. The third-order valence-electron chi connectivity index (χ3n) is 2.07. The molecule has 0 saturated heterocycles. The fourth-order valence-corrected chi connectivity index (χ4v) is 1.72. The molecule has 1 atom stereocenters. The molecular formula is C11H7BrF6O3. The van der Waals surface area contributed by atoms with E-state index in [1.165, 1.54) is 0 Å². The van der Waals surface area contributed by atoms with Gasteiger partial charge in [0.05, 0.1) is 0 Å². The van der Waals surface area contributed by atoms with Crippen LogP contribution in [-0.2, 0) is 4.79 Å². The minimum absolute atomic E-state index is 0.429. The van der Waals surface area contributed by atoms with E-state index >= 15 is 0 Å². The van der Waals surface area contributed by atoms with Crippen LogP contribution in [0.1, 0.15) is 17.3 Å². The van der Waals surface area contributed by atoms with Crippen molar-refractivity contribution in [2.75, 3.05) is 0 Å². The summed E-state index contributed by atoms with van der Waals surface area (Å²) in [6.45, 7) is 1.05. The van der Waals surface area contributed by atoms with E-state index in [9.17, 15) is 31.1 Å². The molecule has 0 N–H and O–H groups in total. The largest absolute Gasteiger partial charge is 0.573 e. The summed E-state index contributed by atoms with van der Waals surface area (Å²) in [5.41, 5.74) is -0.429. The summed E-state index contributed by atoms with van der Waals surface area (Å²) in [7, 11) is 0. The van der Waals surface area contributed by atoms with E-state index in [0.29, 0.717) is 18.2 Å². The molecule has 0 fully saturated rings. The lowest BCUT2D eigenvalue weighted by Gasteiger charge is -2.17. The van der Waals surface area contributed by atoms with Crippen molar-refractivity contribution < 1.29 is 40.6 Å². The van der Waals surface area contributed by atoms with Crippen LogP contribution in [0.2, 0.25) is 0 Å². The summed E-state index contributed by atoms with van der Waals surface area (Å²) >= 11 is 2.79. The van der Waals surface area contributed by atoms with Crippen LogP contribution in [0.15, 0.2) is 18.2 Å². The van der Waals surface area contributed by atoms with Crippen LogP contribution in [-0.4, -0.2) is 18.5 Å². The first-order chi connectivity index (χ1) is 9.39. The molecule has 1 rings (SSSR count). The Morgan fingerprint density at radius 3 is 2.05 bits per heavy atom. The van der Waals surface area contributed by atoms with Gasteiger partial charge in [0, 0.05) is 5.56 Å². The normalized spacial score (nSPS) is 13.7. The molecule has 10 heteroatoms. The molecule has 0 aliphatic carbocycles. The third-order valence-corrected chi connectivity index (χ3v) is 3.21. The highest BCUT2D eigenvalue weighted by molar-refractivity contribution is 9.09. The van der Waals surface area contributed by atoms with Crippen molar-refractivity contribution in [1.29, 1.82) is 0 Å². The molecule has 1 unspecified atom stereocenters. The molecule has 118 valence electrons. The number of rotatable bonds is 4. The molecule has 0 aliphatic rings. The predicted molar refractivity (Wildman–Crippen MR) is 62.2 cm³/mol. The zero-order valence-electron chi connectivity index (χ0n) is 10.2. The SMILES string of the molecule is CC(=O)C(Br)c1cc(OC(F)(F)F)ccc1OC(F)(F)F. The van der Waals surface area contributed by atoms with Crippen LogP contribution in [0.4, 0.5) is 26.3 Å². The Morgan fingerprint density at radius 1 is 1.10 bits per heavy atom. The number of Topliss-reactive ketones (excluding diaryl/α,β-unsaturated/α-hetero) is 1. The smallest absolute Gasteiger partial charge is 0.406 e. The van der Waals surface area contributed by atoms with Crippen molar-refractivity contribution in [3.8, 4) is 11.5 Å². The van der Waals surface area contributed by atoms with Gasteiger partial charge in [0.1, 0.15) is 22.1 Å². The number of ether oxygens (including phenoxy) is 2. The lowest BCUT2D eigenvalue weighted by molar-refractivity contribution is -0.277. The summed E-state index contributed by atoms with van der Waals surface area (Å²) in [6, 6.07) is 1.94. The van der Waals surface area contributed by atoms with Gasteiger partial charge in [-0.25, -0.2) is 0 Å². The Kier molecular flexibility index (Phi) is 5.13. The summed E-state index contributed by atoms with van der Waals surface area (Å²) in [4.78, 5) is 9.94. The zero-order valence-corrected chi connectivity index (χ0v) is 11.8. The number of carbonyl (C=O) groups is 1. The van der Waals surface area contributed by atoms with E-state index < -0.39 is 40.4 Å². The number of hydrogen-bond acceptors (Lipinski definition) is 3. The summed E-state index contributed by atoms with van der Waals surface area (Å²) in [6.07, 6.45) is -10.1. The number of halogens is 7. The highest BCUT2D eigenvalue weighted by atomic mass is 79.9. The first-order valence-electron chi connectivity index (χ1n) is 5.19. The Bertz CT molecular complexity index is 526. The van der Waals surface area contributed by atoms with Crippen molar-refractivity contribution >= 4 is 21.7 Å². The molecule has 1 aromatic carbocycles. The number of carbonyl (C=O) groups excluding carboxylic acids is 1. The van der Waals surface area contributed by atoms with Crippen molar-refractivity contribution in [2.24, 2.45) is 0 Å². The first kappa shape index (κ1) is 17.6. The van der Waals surface area contributed by atoms with Crippen LogP contribution in [0, 0.1) is 0 Å². The summed E-state index contributed by atoms with van der Waals surface area (Å²) < 4.78 is 80.2. The van der Waals surface area contributed by atoms with E-state index in [1.807, 2.05) is 0 Å². The van der Waals surface area contributed by atoms with Crippen LogP contribution >= 0.6 is 15.9 Å². The Balaban J connectivity index is 3.23. The second-order valence-corrected chi connectivity index (χ2v) is 4.68. The fourth-order valence-electron chi connectivity index (χ4n) is 1.36. The average molecular weight is 381 g/mol. The molecule has 21 heavy (non-hydrogen) atoms. The average Bonchev–Trinajstić information content (AvgIpc) is 2.26. The maximum absolute atomic E-state index is 12.2. The van der Waals surface area contributed by atoms with E-state index in [2.05, 4.69) is 25.4 Å². The molecule has 0 bridgehead atoms. The third kappa shape index (κ3) is 5.82. The molecule has 0 saturated carbocycles. The lowest BCUT2D eigenvalue weighted by atomic mass is 10.1. The number of hydrogen-bond donors (Lipinski definition) is 0. The van der Waals surface area contributed by atoms with Gasteiger partial charge >= 0.3 is 12.7 Å². The van der Waals surface area contributed by atoms with Crippen molar-refractivity contribution in [1.82, 2.24) is 0 Å². The second kappa shape index (κ2) is 6.12. The maximum atomic E-state index is 12.2. The van der Waals surface area contributed by atoms with Gasteiger partial charge in [-0.05, 0) is 25.1 Å². The predicted octanol–water partition coefficient (Wildman–Crippen LogP) is 4.51. The molecule has 3 nitrogen and oxygen atoms in total. The van der Waals surface area contributed by atoms with Gasteiger partial charge < -0.3 is 9.47 Å². The molecule has 0 amide bonds. The molecule has 0 radical (unpaired) electrons. The molecular weight excluding hydrogens is 374 g/mol. The standard InChI is InChI=1S/C11H7BrF6O3/c1-5(19)9(12)7-4-6(20-10(13,14)15)2-3-8(7)21-11(16,17)18/h2-4,9H,1H3. The second-order valence-electron chi connectivity index (χ2n) is 3.77. The van der Waals surface area contributed by atoms with Crippen LogP contribution in [0.5, 0.6) is 11.5 Å². The zero-order chi connectivity index (χ0) is 16.4. The minimum atomic E-state index is -5.05. The number of alkyl halides is 7. The van der Waals surface area contributed by atoms with Gasteiger partial charge in [-0.15, -0.1) is 26.3 Å². The van der Waals surface area contributed by atoms with E-state index in [0.717, 1.165) is 6.92 Å². The Labute approximate surface area is 123 Å². The van der Waals surface area contributed by atoms with Crippen molar-refractivity contribution in [3.05, 3.63) is 23.8 Å². The molecule has 0 heterocycles. The summed E-state index contributed by atoms with van der Waals surface area (Å²) in [5.74, 6) is -2.18.